The fourth-order valence-electron chi connectivity index (χ4n) is 4.64. The third-order valence-corrected chi connectivity index (χ3v) is 6.42. The van der Waals surface area contributed by atoms with Gasteiger partial charge in [-0.3, -0.25) is 0 Å². The molecule has 0 radical (unpaired) electrons. The average molecular weight is 434 g/mol. The van der Waals surface area contributed by atoms with Crippen LogP contribution in [-0.2, 0) is 31.3 Å². The minimum atomic E-state index is -0.285. The zero-order valence-corrected chi connectivity index (χ0v) is 18.7. The zero-order valence-electron chi connectivity index (χ0n) is 18.7. The van der Waals surface area contributed by atoms with Crippen molar-refractivity contribution in [2.24, 2.45) is 12.2 Å². The van der Waals surface area contributed by atoms with E-state index in [9.17, 15) is 4.79 Å². The predicted octanol–water partition coefficient (Wildman–Crippen LogP) is 3.28. The molecule has 0 saturated heterocycles. The molecule has 2 aliphatic rings. The lowest BCUT2D eigenvalue weighted by atomic mass is 9.99. The van der Waals surface area contributed by atoms with E-state index >= 15 is 0 Å². The maximum absolute atomic E-state index is 12.5. The number of nitrogens with zero attached hydrogens (tertiary/aromatic N) is 5. The van der Waals surface area contributed by atoms with Crippen LogP contribution in [0.25, 0.3) is 5.69 Å². The fraction of sp³-hybridized carbons (Fsp3) is 0.417. The number of methoxy groups -OCH3 is 1. The molecular formula is C24H27N5O3. The number of aryl methyl sites for hydroxylation is 1. The molecule has 0 spiro atoms. The number of rotatable bonds is 7. The van der Waals surface area contributed by atoms with Gasteiger partial charge in [0.2, 0.25) is 0 Å². The van der Waals surface area contributed by atoms with Gasteiger partial charge in [0.25, 0.3) is 0 Å². The molecule has 2 aromatic carbocycles. The van der Waals surface area contributed by atoms with E-state index in [-0.39, 0.29) is 12.3 Å². The van der Waals surface area contributed by atoms with E-state index in [1.54, 1.807) is 14.2 Å². The van der Waals surface area contributed by atoms with Gasteiger partial charge in [-0.1, -0.05) is 17.3 Å². The second kappa shape index (κ2) is 8.26. The lowest BCUT2D eigenvalue weighted by Crippen LogP contribution is -2.23. The van der Waals surface area contributed by atoms with Crippen LogP contribution in [0.2, 0.25) is 0 Å². The monoisotopic (exact) mass is 433 g/mol. The van der Waals surface area contributed by atoms with Crippen molar-refractivity contribution in [2.75, 3.05) is 7.11 Å². The SMILES string of the molecule is COc1ccc(C(C)=NOCc2c(C3CC3)cccc2-n2nnn(C)c2=O)c2c1CCC2. The topological polar surface area (TPSA) is 83.5 Å². The smallest absolute Gasteiger partial charge is 0.368 e. The molecule has 5 rings (SSSR count). The molecule has 0 N–H and O–H groups in total. The van der Waals surface area contributed by atoms with E-state index in [2.05, 4.69) is 27.7 Å². The Balaban J connectivity index is 1.44. The Kier molecular flexibility index (Phi) is 5.28. The summed E-state index contributed by atoms with van der Waals surface area (Å²) < 4.78 is 8.08. The first-order valence-corrected chi connectivity index (χ1v) is 11.0. The summed E-state index contributed by atoms with van der Waals surface area (Å²) in [6.45, 7) is 2.24. The van der Waals surface area contributed by atoms with Crippen LogP contribution in [0.15, 0.2) is 40.3 Å². The summed E-state index contributed by atoms with van der Waals surface area (Å²) in [5.41, 5.74) is 7.08. The molecule has 0 atom stereocenters. The predicted molar refractivity (Wildman–Crippen MR) is 121 cm³/mol. The number of hydrogen-bond acceptors (Lipinski definition) is 6. The van der Waals surface area contributed by atoms with Crippen molar-refractivity contribution in [3.63, 3.8) is 0 Å². The van der Waals surface area contributed by atoms with Crippen molar-refractivity contribution < 1.29 is 9.57 Å². The quantitative estimate of drug-likeness (QED) is 0.422. The van der Waals surface area contributed by atoms with Crippen molar-refractivity contribution in [2.45, 2.75) is 51.6 Å². The summed E-state index contributed by atoms with van der Waals surface area (Å²) in [5, 5.41) is 12.3. The molecule has 1 heterocycles. The Morgan fingerprint density at radius 1 is 1.16 bits per heavy atom. The number of hydrogen-bond donors (Lipinski definition) is 0. The molecule has 1 saturated carbocycles. The number of benzene rings is 2. The van der Waals surface area contributed by atoms with Gasteiger partial charge in [0.1, 0.15) is 12.4 Å². The molecule has 1 aromatic heterocycles. The highest BCUT2D eigenvalue weighted by Crippen LogP contribution is 2.43. The molecule has 0 unspecified atom stereocenters. The van der Waals surface area contributed by atoms with E-state index in [0.29, 0.717) is 11.6 Å². The van der Waals surface area contributed by atoms with Crippen molar-refractivity contribution in [1.29, 1.82) is 0 Å². The van der Waals surface area contributed by atoms with Gasteiger partial charge >= 0.3 is 5.69 Å². The van der Waals surface area contributed by atoms with Crippen molar-refractivity contribution in [1.82, 2.24) is 19.8 Å². The van der Waals surface area contributed by atoms with Gasteiger partial charge < -0.3 is 9.57 Å². The Bertz CT molecular complexity index is 1250. The summed E-state index contributed by atoms with van der Waals surface area (Å²) in [7, 11) is 3.31. The van der Waals surface area contributed by atoms with Crippen LogP contribution in [0.3, 0.4) is 0 Å². The number of aromatic nitrogens is 4. The van der Waals surface area contributed by atoms with Crippen LogP contribution < -0.4 is 10.4 Å². The number of ether oxygens (including phenoxy) is 1. The first-order valence-electron chi connectivity index (χ1n) is 11.0. The average Bonchev–Trinajstić information content (AvgIpc) is 3.44. The largest absolute Gasteiger partial charge is 0.496 e. The van der Waals surface area contributed by atoms with Gasteiger partial charge in [0.05, 0.1) is 18.5 Å². The maximum atomic E-state index is 12.5. The summed E-state index contributed by atoms with van der Waals surface area (Å²) in [6, 6.07) is 10.0. The molecule has 8 heteroatoms. The minimum Gasteiger partial charge on any atom is -0.496 e. The summed E-state index contributed by atoms with van der Waals surface area (Å²) in [4.78, 5) is 18.3. The fourth-order valence-corrected chi connectivity index (χ4v) is 4.64. The molecule has 2 aliphatic carbocycles. The Labute approximate surface area is 186 Å². The van der Waals surface area contributed by atoms with Crippen LogP contribution in [0.5, 0.6) is 5.75 Å². The third-order valence-electron chi connectivity index (χ3n) is 6.42. The van der Waals surface area contributed by atoms with E-state index in [1.807, 2.05) is 25.1 Å². The van der Waals surface area contributed by atoms with E-state index in [0.717, 1.165) is 54.7 Å². The molecule has 32 heavy (non-hydrogen) atoms. The van der Waals surface area contributed by atoms with Crippen LogP contribution >= 0.6 is 0 Å². The highest BCUT2D eigenvalue weighted by atomic mass is 16.6. The van der Waals surface area contributed by atoms with Gasteiger partial charge in [0.15, 0.2) is 0 Å². The molecule has 3 aromatic rings. The van der Waals surface area contributed by atoms with E-state index < -0.39 is 0 Å². The molecule has 1 fully saturated rings. The van der Waals surface area contributed by atoms with Gasteiger partial charge in [-0.2, -0.15) is 9.36 Å². The highest BCUT2D eigenvalue weighted by molar-refractivity contribution is 6.00. The van der Waals surface area contributed by atoms with Crippen LogP contribution in [-0.4, -0.2) is 32.6 Å². The first-order chi connectivity index (χ1) is 15.6. The van der Waals surface area contributed by atoms with Crippen LogP contribution in [0.4, 0.5) is 0 Å². The van der Waals surface area contributed by atoms with Gasteiger partial charge in [0, 0.05) is 18.2 Å². The normalized spacial score (nSPS) is 15.7. The Hall–Kier alpha value is -3.42. The van der Waals surface area contributed by atoms with E-state index in [4.69, 9.17) is 9.57 Å². The third kappa shape index (κ3) is 3.59. The molecule has 8 nitrogen and oxygen atoms in total. The van der Waals surface area contributed by atoms with Gasteiger partial charge in [-0.25, -0.2) is 4.79 Å². The number of tetrazole rings is 1. The molecule has 0 aliphatic heterocycles. The second-order valence-electron chi connectivity index (χ2n) is 8.49. The highest BCUT2D eigenvalue weighted by Gasteiger charge is 2.28. The molecule has 166 valence electrons. The number of oxime groups is 1. The molecule has 0 bridgehead atoms. The maximum Gasteiger partial charge on any atom is 0.368 e. The zero-order chi connectivity index (χ0) is 22.2. The van der Waals surface area contributed by atoms with E-state index in [1.165, 1.54) is 26.1 Å². The lowest BCUT2D eigenvalue weighted by Gasteiger charge is -2.14. The molecule has 0 amide bonds. The molecular weight excluding hydrogens is 406 g/mol. The lowest BCUT2D eigenvalue weighted by molar-refractivity contribution is 0.129. The summed E-state index contributed by atoms with van der Waals surface area (Å²) in [5.74, 6) is 1.45. The minimum absolute atomic E-state index is 0.265. The van der Waals surface area contributed by atoms with Crippen LogP contribution in [0, 0.1) is 0 Å². The van der Waals surface area contributed by atoms with Gasteiger partial charge in [-0.05, 0) is 90.3 Å². The number of fused-ring (bicyclic) bond motifs is 1. The standard InChI is InChI=1S/C24H27N5O3/c1-15(17-12-13-23(31-3)20-8-4-7-19(17)20)25-32-14-21-18(16-10-11-16)6-5-9-22(21)29-24(30)28(2)26-27-29/h5-6,9,12-13,16H,4,7-8,10-11,14H2,1-3H3. The van der Waals surface area contributed by atoms with Crippen molar-refractivity contribution >= 4 is 5.71 Å². The Morgan fingerprint density at radius 2 is 1.97 bits per heavy atom. The van der Waals surface area contributed by atoms with Gasteiger partial charge in [-0.15, -0.1) is 0 Å². The van der Waals surface area contributed by atoms with Crippen molar-refractivity contribution in [3.05, 3.63) is 68.6 Å². The summed E-state index contributed by atoms with van der Waals surface area (Å²) >= 11 is 0. The first kappa shape index (κ1) is 20.5. The van der Waals surface area contributed by atoms with Crippen molar-refractivity contribution in [3.8, 4) is 11.4 Å². The summed E-state index contributed by atoms with van der Waals surface area (Å²) in [6.07, 6.45) is 5.48. The second-order valence-corrected chi connectivity index (χ2v) is 8.49. The Morgan fingerprint density at radius 3 is 2.69 bits per heavy atom. The van der Waals surface area contributed by atoms with Crippen LogP contribution in [0.1, 0.15) is 59.9 Å².